The predicted octanol–water partition coefficient (Wildman–Crippen LogP) is 2.09. The lowest BCUT2D eigenvalue weighted by Gasteiger charge is -1.98. The third-order valence-corrected chi connectivity index (χ3v) is 1.63. The molecule has 0 aromatic heterocycles. The molecule has 1 saturated carbocycles. The molecule has 1 N–H and O–H groups in total. The van der Waals surface area contributed by atoms with Gasteiger partial charge in [-0.1, -0.05) is 19.8 Å². The van der Waals surface area contributed by atoms with E-state index in [1.807, 2.05) is 0 Å². The second-order valence-corrected chi connectivity index (χ2v) is 2.79. The maximum atomic E-state index is 3.37. The third kappa shape index (κ3) is 3.52. The molecule has 0 unspecified atom stereocenters. The van der Waals surface area contributed by atoms with E-state index in [1.165, 1.54) is 32.1 Å². The fourth-order valence-corrected chi connectivity index (χ4v) is 0.806. The highest BCUT2D eigenvalue weighted by Gasteiger charge is 2.19. The van der Waals surface area contributed by atoms with Gasteiger partial charge in [0.05, 0.1) is 0 Å². The molecular formula is C8H16N. The number of hydrogen-bond donors (Lipinski definition) is 1. The third-order valence-electron chi connectivity index (χ3n) is 1.63. The van der Waals surface area contributed by atoms with Crippen molar-refractivity contribution in [3.05, 3.63) is 6.54 Å². The van der Waals surface area contributed by atoms with Crippen molar-refractivity contribution in [3.63, 3.8) is 0 Å². The van der Waals surface area contributed by atoms with Crippen molar-refractivity contribution >= 4 is 0 Å². The van der Waals surface area contributed by atoms with E-state index in [2.05, 4.69) is 18.8 Å². The van der Waals surface area contributed by atoms with Gasteiger partial charge in [0.15, 0.2) is 0 Å². The van der Waals surface area contributed by atoms with Crippen LogP contribution in [0.1, 0.15) is 39.0 Å². The summed E-state index contributed by atoms with van der Waals surface area (Å²) in [7, 11) is 0. The van der Waals surface area contributed by atoms with E-state index in [4.69, 9.17) is 0 Å². The molecule has 1 radical (unpaired) electrons. The van der Waals surface area contributed by atoms with Crippen LogP contribution in [0.2, 0.25) is 0 Å². The van der Waals surface area contributed by atoms with Crippen LogP contribution in [0.25, 0.3) is 0 Å². The summed E-state index contributed by atoms with van der Waals surface area (Å²) < 4.78 is 0. The summed E-state index contributed by atoms with van der Waals surface area (Å²) in [6.07, 6.45) is 6.67. The van der Waals surface area contributed by atoms with Crippen molar-refractivity contribution in [3.8, 4) is 0 Å². The molecule has 1 rings (SSSR count). The first-order valence-electron chi connectivity index (χ1n) is 4.01. The maximum absolute atomic E-state index is 3.37. The van der Waals surface area contributed by atoms with Crippen LogP contribution in [-0.2, 0) is 0 Å². The van der Waals surface area contributed by atoms with Gasteiger partial charge < -0.3 is 5.32 Å². The Hall–Kier alpha value is -0.0400. The second-order valence-electron chi connectivity index (χ2n) is 2.79. The Morgan fingerprint density at radius 2 is 2.33 bits per heavy atom. The van der Waals surface area contributed by atoms with Gasteiger partial charge in [0.25, 0.3) is 0 Å². The van der Waals surface area contributed by atoms with Crippen LogP contribution >= 0.6 is 0 Å². The van der Waals surface area contributed by atoms with Crippen LogP contribution in [0.3, 0.4) is 0 Å². The molecule has 0 aromatic carbocycles. The van der Waals surface area contributed by atoms with Crippen LogP contribution in [-0.4, -0.2) is 6.04 Å². The predicted molar refractivity (Wildman–Crippen MR) is 40.0 cm³/mol. The van der Waals surface area contributed by atoms with Gasteiger partial charge in [-0.25, -0.2) is 0 Å². The Kier molecular flexibility index (Phi) is 3.05. The Morgan fingerprint density at radius 1 is 1.56 bits per heavy atom. The first-order chi connectivity index (χ1) is 4.43. The fourth-order valence-electron chi connectivity index (χ4n) is 0.806. The molecule has 0 amide bonds. The Balaban J connectivity index is 1.71. The summed E-state index contributed by atoms with van der Waals surface area (Å²) in [4.78, 5) is 0. The van der Waals surface area contributed by atoms with Gasteiger partial charge in [0.1, 0.15) is 0 Å². The van der Waals surface area contributed by atoms with Gasteiger partial charge in [-0.2, -0.15) is 0 Å². The van der Waals surface area contributed by atoms with Crippen LogP contribution in [0.15, 0.2) is 0 Å². The summed E-state index contributed by atoms with van der Waals surface area (Å²) in [5, 5.41) is 3.37. The molecule has 1 fully saturated rings. The maximum Gasteiger partial charge on any atom is 0.0223 e. The van der Waals surface area contributed by atoms with E-state index in [9.17, 15) is 0 Å². The lowest BCUT2D eigenvalue weighted by atomic mass is 10.2. The first kappa shape index (κ1) is 7.07. The summed E-state index contributed by atoms with van der Waals surface area (Å²) in [5.74, 6) is 0. The van der Waals surface area contributed by atoms with Gasteiger partial charge in [0, 0.05) is 12.6 Å². The zero-order valence-corrected chi connectivity index (χ0v) is 6.19. The number of nitrogens with one attached hydrogen (secondary N) is 1. The molecule has 0 heterocycles. The lowest BCUT2D eigenvalue weighted by molar-refractivity contribution is 0.689. The standard InChI is InChI=1S/C8H16N/c1-2-3-4-7-9-8-5-6-8/h7-9H,2-6H2,1H3. The molecule has 0 aliphatic heterocycles. The fraction of sp³-hybridized carbons (Fsp3) is 0.875. The van der Waals surface area contributed by atoms with E-state index >= 15 is 0 Å². The molecule has 53 valence electrons. The summed E-state index contributed by atoms with van der Waals surface area (Å²) in [6, 6.07) is 0.849. The number of hydrogen-bond acceptors (Lipinski definition) is 1. The second kappa shape index (κ2) is 3.89. The molecule has 9 heavy (non-hydrogen) atoms. The molecule has 1 nitrogen and oxygen atoms in total. The summed E-state index contributed by atoms with van der Waals surface area (Å²) >= 11 is 0. The Bertz CT molecular complexity index is 67.0. The van der Waals surface area contributed by atoms with Crippen molar-refractivity contribution in [1.82, 2.24) is 5.32 Å². The molecule has 1 heteroatoms. The average Bonchev–Trinajstić information content (AvgIpc) is 2.63. The molecule has 0 saturated heterocycles. The van der Waals surface area contributed by atoms with E-state index in [1.54, 1.807) is 0 Å². The average molecular weight is 126 g/mol. The zero-order valence-electron chi connectivity index (χ0n) is 6.19. The monoisotopic (exact) mass is 126 g/mol. The minimum Gasteiger partial charge on any atom is -0.310 e. The first-order valence-corrected chi connectivity index (χ1v) is 4.01. The Labute approximate surface area is 57.8 Å². The molecular weight excluding hydrogens is 110 g/mol. The highest BCUT2D eigenvalue weighted by atomic mass is 14.9. The lowest BCUT2D eigenvalue weighted by Crippen LogP contribution is -2.11. The number of unbranched alkanes of at least 4 members (excludes halogenated alkanes) is 2. The highest BCUT2D eigenvalue weighted by Crippen LogP contribution is 2.19. The van der Waals surface area contributed by atoms with Crippen molar-refractivity contribution in [2.75, 3.05) is 0 Å². The van der Waals surface area contributed by atoms with Gasteiger partial charge in [-0.15, -0.1) is 0 Å². The summed E-state index contributed by atoms with van der Waals surface area (Å²) in [6.45, 7) is 4.45. The molecule has 0 aromatic rings. The van der Waals surface area contributed by atoms with E-state index in [-0.39, 0.29) is 0 Å². The van der Waals surface area contributed by atoms with E-state index < -0.39 is 0 Å². The normalized spacial score (nSPS) is 18.3. The number of rotatable bonds is 5. The van der Waals surface area contributed by atoms with Crippen molar-refractivity contribution in [2.24, 2.45) is 0 Å². The topological polar surface area (TPSA) is 12.0 Å². The molecule has 0 atom stereocenters. The molecule has 1 aliphatic rings. The highest BCUT2D eigenvalue weighted by molar-refractivity contribution is 4.83. The van der Waals surface area contributed by atoms with Gasteiger partial charge in [-0.05, 0) is 19.3 Å². The van der Waals surface area contributed by atoms with Crippen LogP contribution in [0.4, 0.5) is 0 Å². The van der Waals surface area contributed by atoms with E-state index in [0.717, 1.165) is 6.04 Å². The SMILES string of the molecule is CCCC[CH]NC1CC1. The Morgan fingerprint density at radius 3 is 2.89 bits per heavy atom. The minimum absolute atomic E-state index is 0.849. The van der Waals surface area contributed by atoms with Crippen LogP contribution in [0.5, 0.6) is 0 Å². The van der Waals surface area contributed by atoms with E-state index in [0.29, 0.717) is 0 Å². The van der Waals surface area contributed by atoms with Crippen molar-refractivity contribution < 1.29 is 0 Å². The van der Waals surface area contributed by atoms with Crippen molar-refractivity contribution in [1.29, 1.82) is 0 Å². The molecule has 0 bridgehead atoms. The quantitative estimate of drug-likeness (QED) is 0.556. The van der Waals surface area contributed by atoms with Crippen molar-refractivity contribution in [2.45, 2.75) is 45.1 Å². The van der Waals surface area contributed by atoms with Gasteiger partial charge in [-0.3, -0.25) is 0 Å². The summed E-state index contributed by atoms with van der Waals surface area (Å²) in [5.41, 5.74) is 0. The van der Waals surface area contributed by atoms with Gasteiger partial charge >= 0.3 is 0 Å². The minimum atomic E-state index is 0.849. The van der Waals surface area contributed by atoms with Gasteiger partial charge in [0.2, 0.25) is 0 Å². The van der Waals surface area contributed by atoms with Crippen LogP contribution < -0.4 is 5.32 Å². The smallest absolute Gasteiger partial charge is 0.0223 e. The van der Waals surface area contributed by atoms with Crippen LogP contribution in [0, 0.1) is 6.54 Å². The molecule has 0 spiro atoms. The molecule has 1 aliphatic carbocycles. The largest absolute Gasteiger partial charge is 0.310 e. The zero-order chi connectivity index (χ0) is 6.53.